The third-order valence-electron chi connectivity index (χ3n) is 2.95. The maximum atomic E-state index is 11.7. The number of para-hydroxylation sites is 1. The summed E-state index contributed by atoms with van der Waals surface area (Å²) >= 11 is 0. The van der Waals surface area contributed by atoms with E-state index in [2.05, 4.69) is 17.3 Å². The number of fused-ring (bicyclic) bond motifs is 1. The topological polar surface area (TPSA) is 67.2 Å². The van der Waals surface area contributed by atoms with Crippen LogP contribution in [0.25, 0.3) is 10.9 Å². The van der Waals surface area contributed by atoms with Crippen LogP contribution in [0.3, 0.4) is 0 Å². The molecule has 0 saturated heterocycles. The highest BCUT2D eigenvalue weighted by molar-refractivity contribution is 5.77. The molecule has 2 aromatic rings. The Hall–Kier alpha value is -1.72. The molecule has 0 spiro atoms. The van der Waals surface area contributed by atoms with E-state index in [-0.39, 0.29) is 5.43 Å². The number of aliphatic hydroxyl groups is 1. The third kappa shape index (κ3) is 3.39. The van der Waals surface area contributed by atoms with E-state index in [1.165, 1.54) is 6.20 Å². The van der Waals surface area contributed by atoms with Gasteiger partial charge in [0, 0.05) is 11.9 Å². The van der Waals surface area contributed by atoms with E-state index >= 15 is 0 Å². The molecule has 5 heteroatoms. The summed E-state index contributed by atoms with van der Waals surface area (Å²) in [5.41, 5.74) is 0.662. The summed E-state index contributed by atoms with van der Waals surface area (Å²) in [6.45, 7) is 3.86. The largest absolute Gasteiger partial charge is 0.390 e. The first-order valence-electron chi connectivity index (χ1n) is 6.56. The lowest BCUT2D eigenvalue weighted by Gasteiger charge is -2.14. The van der Waals surface area contributed by atoms with Gasteiger partial charge < -0.3 is 10.4 Å². The zero-order valence-electron chi connectivity index (χ0n) is 11.0. The molecule has 2 rings (SSSR count). The Bertz CT molecular complexity index is 595. The molecule has 0 aliphatic carbocycles. The predicted molar refractivity (Wildman–Crippen MR) is 75.2 cm³/mol. The smallest absolute Gasteiger partial charge is 0.207 e. The Morgan fingerprint density at radius 1 is 1.42 bits per heavy atom. The molecule has 0 fully saturated rings. The summed E-state index contributed by atoms with van der Waals surface area (Å²) in [5, 5.41) is 17.8. The monoisotopic (exact) mass is 261 g/mol. The second kappa shape index (κ2) is 6.45. The summed E-state index contributed by atoms with van der Waals surface area (Å²) in [7, 11) is 0. The standard InChI is InChI=1S/C14H19N3O2/c1-2-7-15-8-11(18)10-17-13-6-4-3-5-12(13)14(19)9-16-17/h3-6,9,11,15,18H,2,7-8,10H2,1H3. The van der Waals surface area contributed by atoms with Gasteiger partial charge in [0.1, 0.15) is 0 Å². The molecule has 0 aliphatic heterocycles. The maximum Gasteiger partial charge on any atom is 0.207 e. The Kier molecular flexibility index (Phi) is 4.65. The minimum Gasteiger partial charge on any atom is -0.390 e. The van der Waals surface area contributed by atoms with Crippen LogP contribution in [-0.2, 0) is 6.54 Å². The van der Waals surface area contributed by atoms with Crippen molar-refractivity contribution in [1.29, 1.82) is 0 Å². The number of rotatable bonds is 6. The van der Waals surface area contributed by atoms with Crippen molar-refractivity contribution in [2.75, 3.05) is 13.1 Å². The van der Waals surface area contributed by atoms with Crippen LogP contribution in [0.4, 0.5) is 0 Å². The fourth-order valence-electron chi connectivity index (χ4n) is 2.02. The quantitative estimate of drug-likeness (QED) is 0.753. The van der Waals surface area contributed by atoms with Crippen molar-refractivity contribution >= 4 is 10.9 Å². The van der Waals surface area contributed by atoms with Crippen LogP contribution in [-0.4, -0.2) is 34.1 Å². The van der Waals surface area contributed by atoms with Crippen LogP contribution in [0.1, 0.15) is 13.3 Å². The van der Waals surface area contributed by atoms with Crippen molar-refractivity contribution in [2.24, 2.45) is 0 Å². The Labute approximate surface area is 111 Å². The van der Waals surface area contributed by atoms with Crippen LogP contribution >= 0.6 is 0 Å². The number of hydrogen-bond acceptors (Lipinski definition) is 4. The van der Waals surface area contributed by atoms with E-state index in [4.69, 9.17) is 0 Å². The van der Waals surface area contributed by atoms with Crippen LogP contribution in [0, 0.1) is 0 Å². The highest BCUT2D eigenvalue weighted by atomic mass is 16.3. The van der Waals surface area contributed by atoms with E-state index in [9.17, 15) is 9.90 Å². The molecule has 1 aromatic carbocycles. The van der Waals surface area contributed by atoms with Gasteiger partial charge in [-0.25, -0.2) is 0 Å². The SMILES string of the molecule is CCCNCC(O)Cn1ncc(=O)c2ccccc21. The highest BCUT2D eigenvalue weighted by Gasteiger charge is 2.08. The lowest BCUT2D eigenvalue weighted by molar-refractivity contribution is 0.148. The molecular weight excluding hydrogens is 242 g/mol. The van der Waals surface area contributed by atoms with Gasteiger partial charge in [-0.1, -0.05) is 19.1 Å². The van der Waals surface area contributed by atoms with Gasteiger partial charge in [0.25, 0.3) is 0 Å². The van der Waals surface area contributed by atoms with Crippen molar-refractivity contribution in [3.63, 3.8) is 0 Å². The Balaban J connectivity index is 2.17. The van der Waals surface area contributed by atoms with E-state index in [0.29, 0.717) is 18.5 Å². The molecule has 2 N–H and O–H groups in total. The van der Waals surface area contributed by atoms with E-state index in [0.717, 1.165) is 18.5 Å². The number of aromatic nitrogens is 2. The fourth-order valence-corrected chi connectivity index (χ4v) is 2.02. The normalized spacial score (nSPS) is 12.7. The van der Waals surface area contributed by atoms with E-state index in [1.807, 2.05) is 18.2 Å². The van der Waals surface area contributed by atoms with Crippen LogP contribution < -0.4 is 10.7 Å². The molecule has 19 heavy (non-hydrogen) atoms. The lowest BCUT2D eigenvalue weighted by atomic mass is 10.2. The summed E-state index contributed by atoms with van der Waals surface area (Å²) in [6, 6.07) is 7.31. The highest BCUT2D eigenvalue weighted by Crippen LogP contribution is 2.08. The first-order chi connectivity index (χ1) is 9.22. The fraction of sp³-hybridized carbons (Fsp3) is 0.429. The molecule has 0 amide bonds. The second-order valence-electron chi connectivity index (χ2n) is 4.57. The van der Waals surface area contributed by atoms with Gasteiger partial charge in [-0.15, -0.1) is 0 Å². The summed E-state index contributed by atoms with van der Waals surface area (Å²) in [6.07, 6.45) is 1.81. The van der Waals surface area contributed by atoms with Crippen molar-refractivity contribution in [2.45, 2.75) is 26.0 Å². The van der Waals surface area contributed by atoms with Gasteiger partial charge in [0.15, 0.2) is 0 Å². The molecule has 0 saturated carbocycles. The third-order valence-corrected chi connectivity index (χ3v) is 2.95. The van der Waals surface area contributed by atoms with E-state index in [1.54, 1.807) is 10.7 Å². The van der Waals surface area contributed by atoms with Crippen LogP contribution in [0.15, 0.2) is 35.3 Å². The Morgan fingerprint density at radius 2 is 2.21 bits per heavy atom. The number of aliphatic hydroxyl groups excluding tert-OH is 1. The molecule has 1 aromatic heterocycles. The summed E-state index contributed by atoms with van der Waals surface area (Å²) in [4.78, 5) is 11.7. The number of benzene rings is 1. The van der Waals surface area contributed by atoms with Gasteiger partial charge in [0.2, 0.25) is 5.43 Å². The van der Waals surface area contributed by atoms with E-state index < -0.39 is 6.10 Å². The van der Waals surface area contributed by atoms with Gasteiger partial charge in [-0.05, 0) is 25.1 Å². The number of nitrogens with one attached hydrogen (secondary N) is 1. The Morgan fingerprint density at radius 3 is 3.00 bits per heavy atom. The second-order valence-corrected chi connectivity index (χ2v) is 4.57. The molecule has 5 nitrogen and oxygen atoms in total. The maximum absolute atomic E-state index is 11.7. The van der Waals surface area contributed by atoms with Crippen LogP contribution in [0.5, 0.6) is 0 Å². The van der Waals surface area contributed by atoms with Crippen molar-refractivity contribution in [1.82, 2.24) is 15.1 Å². The van der Waals surface area contributed by atoms with Gasteiger partial charge in [0.05, 0.1) is 24.4 Å². The van der Waals surface area contributed by atoms with Crippen LogP contribution in [0.2, 0.25) is 0 Å². The van der Waals surface area contributed by atoms with Gasteiger partial charge in [-0.2, -0.15) is 5.10 Å². The number of hydrogen-bond donors (Lipinski definition) is 2. The molecule has 0 radical (unpaired) electrons. The summed E-state index contributed by atoms with van der Waals surface area (Å²) in [5.74, 6) is 0. The molecule has 102 valence electrons. The lowest BCUT2D eigenvalue weighted by Crippen LogP contribution is -2.31. The first kappa shape index (κ1) is 13.7. The van der Waals surface area contributed by atoms with Crippen molar-refractivity contribution in [3.05, 3.63) is 40.7 Å². The zero-order valence-corrected chi connectivity index (χ0v) is 11.0. The predicted octanol–water partition coefficient (Wildman–Crippen LogP) is 0.757. The molecule has 0 bridgehead atoms. The molecule has 1 unspecified atom stereocenters. The average Bonchev–Trinajstić information content (AvgIpc) is 2.43. The van der Waals surface area contributed by atoms with Crippen molar-refractivity contribution < 1.29 is 5.11 Å². The molecule has 0 aliphatic rings. The minimum atomic E-state index is -0.523. The first-order valence-corrected chi connectivity index (χ1v) is 6.56. The van der Waals surface area contributed by atoms with Crippen molar-refractivity contribution in [3.8, 4) is 0 Å². The minimum absolute atomic E-state index is 0.0922. The van der Waals surface area contributed by atoms with Gasteiger partial charge >= 0.3 is 0 Å². The zero-order chi connectivity index (χ0) is 13.7. The average molecular weight is 261 g/mol. The summed E-state index contributed by atoms with van der Waals surface area (Å²) < 4.78 is 1.68. The van der Waals surface area contributed by atoms with Gasteiger partial charge in [-0.3, -0.25) is 9.48 Å². The molecule has 1 atom stereocenters. The molecule has 1 heterocycles. The molecular formula is C14H19N3O2. The number of nitrogens with zero attached hydrogens (tertiary/aromatic N) is 2.